The van der Waals surface area contributed by atoms with Crippen LogP contribution in [-0.4, -0.2) is 24.6 Å². The van der Waals surface area contributed by atoms with Gasteiger partial charge in [-0.1, -0.05) is 59.1 Å². The second-order valence-electron chi connectivity index (χ2n) is 5.64. The molecular weight excluding hydrogens is 235 g/mol. The Bertz CT molecular complexity index is 174. The average molecular weight is 271 g/mol. The van der Waals surface area contributed by atoms with Crippen LogP contribution in [0.4, 0.5) is 0 Å². The van der Waals surface area contributed by atoms with Crippen LogP contribution in [0.15, 0.2) is 12.2 Å². The summed E-state index contributed by atoms with van der Waals surface area (Å²) in [6.45, 7) is 9.28. The molecule has 0 aromatic carbocycles. The lowest BCUT2D eigenvalue weighted by molar-refractivity contribution is 0.835. The molecule has 0 amide bonds. The largest absolute Gasteiger partial charge is 0.0852 e. The molecule has 1 heteroatoms. The van der Waals surface area contributed by atoms with Crippen LogP contribution in [0.2, 0.25) is 0 Å². The average Bonchev–Trinajstić information content (AvgIpc) is 2.40. The third-order valence-corrected chi connectivity index (χ3v) is 8.63. The first kappa shape index (κ1) is 18.2. The smallest absolute Gasteiger partial charge is 0.0773 e. The van der Waals surface area contributed by atoms with Crippen LogP contribution in [0.5, 0.6) is 0 Å². The van der Waals surface area contributed by atoms with Crippen molar-refractivity contribution in [1.29, 1.82) is 0 Å². The summed E-state index contributed by atoms with van der Waals surface area (Å²) in [5.41, 5.74) is 0. The highest BCUT2D eigenvalue weighted by atomic mass is 31.2. The molecule has 0 fully saturated rings. The molecule has 0 aromatic rings. The number of rotatable bonds is 12. The Morgan fingerprint density at radius 1 is 0.667 bits per heavy atom. The van der Waals surface area contributed by atoms with E-state index in [1.807, 2.05) is 0 Å². The maximum atomic E-state index is 2.51. The van der Waals surface area contributed by atoms with E-state index >= 15 is 0 Å². The van der Waals surface area contributed by atoms with Gasteiger partial charge in [0.05, 0.1) is 24.6 Å². The van der Waals surface area contributed by atoms with Gasteiger partial charge in [0, 0.05) is 7.26 Å². The fourth-order valence-corrected chi connectivity index (χ4v) is 7.33. The van der Waals surface area contributed by atoms with Crippen molar-refractivity contribution in [2.24, 2.45) is 0 Å². The molecule has 0 radical (unpaired) electrons. The minimum atomic E-state index is -0.662. The van der Waals surface area contributed by atoms with E-state index in [0.29, 0.717) is 0 Å². The number of allylic oxidation sites excluding steroid dienone is 2. The predicted octanol–water partition coefficient (Wildman–Crippen LogP) is 6.37. The minimum Gasteiger partial charge on any atom is -0.0852 e. The molecule has 0 rings (SSSR count). The maximum absolute atomic E-state index is 2.51. The van der Waals surface area contributed by atoms with Crippen LogP contribution in [0.25, 0.3) is 0 Å². The molecule has 0 unspecified atom stereocenters. The Hall–Kier alpha value is 0.170. The first-order valence-corrected chi connectivity index (χ1v) is 10.8. The van der Waals surface area contributed by atoms with Crippen LogP contribution < -0.4 is 0 Å². The monoisotopic (exact) mass is 271 g/mol. The van der Waals surface area contributed by atoms with Gasteiger partial charge in [0.25, 0.3) is 0 Å². The summed E-state index contributed by atoms with van der Waals surface area (Å²) < 4.78 is 0. The fraction of sp³-hybridized carbons (Fsp3) is 0.882. The molecule has 0 atom stereocenters. The molecule has 0 saturated heterocycles. The standard InChI is InChI=1S/C17H36P/c1-5-9-13-17-18(14-10-6-2,15-11-7-3)16-12-8-4/h9,13H,5-8,10-12,14-17H2,1-4H3/q+1. The van der Waals surface area contributed by atoms with Crippen molar-refractivity contribution >= 4 is 7.26 Å². The Morgan fingerprint density at radius 3 is 1.44 bits per heavy atom. The highest BCUT2D eigenvalue weighted by Gasteiger charge is 2.33. The molecule has 0 heterocycles. The van der Waals surface area contributed by atoms with E-state index < -0.39 is 7.26 Å². The topological polar surface area (TPSA) is 0 Å². The van der Waals surface area contributed by atoms with Gasteiger partial charge in [0.2, 0.25) is 0 Å². The number of unbranched alkanes of at least 4 members (excludes halogenated alkanes) is 3. The zero-order valence-corrected chi connectivity index (χ0v) is 14.3. The van der Waals surface area contributed by atoms with Crippen molar-refractivity contribution in [2.75, 3.05) is 24.6 Å². The van der Waals surface area contributed by atoms with E-state index in [1.165, 1.54) is 51.1 Å². The van der Waals surface area contributed by atoms with Gasteiger partial charge in [-0.15, -0.1) is 0 Å². The summed E-state index contributed by atoms with van der Waals surface area (Å²) in [4.78, 5) is 0. The van der Waals surface area contributed by atoms with Crippen molar-refractivity contribution < 1.29 is 0 Å². The molecule has 0 N–H and O–H groups in total. The second kappa shape index (κ2) is 12.2. The molecule has 0 aliphatic carbocycles. The number of hydrogen-bond donors (Lipinski definition) is 0. The van der Waals surface area contributed by atoms with Crippen molar-refractivity contribution in [3.05, 3.63) is 12.2 Å². The van der Waals surface area contributed by atoms with E-state index in [-0.39, 0.29) is 0 Å². The van der Waals surface area contributed by atoms with Gasteiger partial charge in [-0.05, 0) is 25.7 Å². The van der Waals surface area contributed by atoms with Crippen LogP contribution in [0.3, 0.4) is 0 Å². The third-order valence-electron chi connectivity index (χ3n) is 3.85. The number of hydrogen-bond acceptors (Lipinski definition) is 0. The summed E-state index contributed by atoms with van der Waals surface area (Å²) >= 11 is 0. The third kappa shape index (κ3) is 8.30. The van der Waals surface area contributed by atoms with Gasteiger partial charge in [-0.2, -0.15) is 0 Å². The van der Waals surface area contributed by atoms with E-state index in [4.69, 9.17) is 0 Å². The lowest BCUT2D eigenvalue weighted by atomic mass is 10.4. The summed E-state index contributed by atoms with van der Waals surface area (Å²) in [5.74, 6) is 0. The SMILES string of the molecule is CCC=CC[P+](CCCC)(CCCC)CCCC. The van der Waals surface area contributed by atoms with Crippen LogP contribution in [0, 0.1) is 0 Å². The highest BCUT2D eigenvalue weighted by Crippen LogP contribution is 2.60. The fourth-order valence-electron chi connectivity index (χ4n) is 2.55. The van der Waals surface area contributed by atoms with Crippen molar-refractivity contribution in [3.63, 3.8) is 0 Å². The summed E-state index contributed by atoms with van der Waals surface area (Å²) in [5, 5.41) is 0. The van der Waals surface area contributed by atoms with Gasteiger partial charge in [0.1, 0.15) is 0 Å². The quantitative estimate of drug-likeness (QED) is 0.286. The van der Waals surface area contributed by atoms with E-state index in [0.717, 1.165) is 0 Å². The molecule has 0 spiro atoms. The Balaban J connectivity index is 4.56. The van der Waals surface area contributed by atoms with Crippen molar-refractivity contribution in [1.82, 2.24) is 0 Å². The summed E-state index contributed by atoms with van der Waals surface area (Å²) in [6, 6.07) is 0. The Morgan fingerprint density at radius 2 is 1.11 bits per heavy atom. The Labute approximate surface area is 117 Å². The minimum absolute atomic E-state index is 0.662. The first-order chi connectivity index (χ1) is 8.74. The summed E-state index contributed by atoms with van der Waals surface area (Å²) in [6.07, 6.45) is 20.7. The van der Waals surface area contributed by atoms with Crippen molar-refractivity contribution in [3.8, 4) is 0 Å². The maximum Gasteiger partial charge on any atom is 0.0773 e. The normalized spacial score (nSPS) is 12.4. The van der Waals surface area contributed by atoms with Crippen LogP contribution in [0.1, 0.15) is 72.6 Å². The van der Waals surface area contributed by atoms with Gasteiger partial charge in [0.15, 0.2) is 0 Å². The van der Waals surface area contributed by atoms with Crippen LogP contribution in [-0.2, 0) is 0 Å². The molecule has 0 nitrogen and oxygen atoms in total. The highest BCUT2D eigenvalue weighted by molar-refractivity contribution is 7.76. The van der Waals surface area contributed by atoms with Gasteiger partial charge in [-0.3, -0.25) is 0 Å². The molecule has 0 aliphatic rings. The molecular formula is C17H36P+. The van der Waals surface area contributed by atoms with Gasteiger partial charge >= 0.3 is 0 Å². The van der Waals surface area contributed by atoms with E-state index in [1.54, 1.807) is 18.5 Å². The van der Waals surface area contributed by atoms with Gasteiger partial charge < -0.3 is 0 Å². The molecule has 0 aliphatic heterocycles. The lowest BCUT2D eigenvalue weighted by Crippen LogP contribution is -2.11. The summed E-state index contributed by atoms with van der Waals surface area (Å²) in [7, 11) is -0.662. The second-order valence-corrected chi connectivity index (χ2v) is 10.0. The molecule has 0 bridgehead atoms. The van der Waals surface area contributed by atoms with Gasteiger partial charge in [-0.25, -0.2) is 0 Å². The predicted molar refractivity (Wildman–Crippen MR) is 90.5 cm³/mol. The Kier molecular flexibility index (Phi) is 12.3. The zero-order chi connectivity index (χ0) is 13.7. The molecule has 18 heavy (non-hydrogen) atoms. The molecule has 108 valence electrons. The van der Waals surface area contributed by atoms with Crippen molar-refractivity contribution in [2.45, 2.75) is 72.6 Å². The lowest BCUT2D eigenvalue weighted by Gasteiger charge is -2.26. The first-order valence-electron chi connectivity index (χ1n) is 8.24. The van der Waals surface area contributed by atoms with Crippen LogP contribution >= 0.6 is 7.26 Å². The zero-order valence-electron chi connectivity index (χ0n) is 13.4. The van der Waals surface area contributed by atoms with E-state index in [9.17, 15) is 0 Å². The molecule has 0 saturated carbocycles. The van der Waals surface area contributed by atoms with E-state index in [2.05, 4.69) is 39.8 Å². The molecule has 0 aromatic heterocycles.